The van der Waals surface area contributed by atoms with Crippen molar-refractivity contribution in [3.8, 4) is 0 Å². The monoisotopic (exact) mass is 155 g/mol. The summed E-state index contributed by atoms with van der Waals surface area (Å²) in [6, 6.07) is 0. The molecule has 0 fully saturated rings. The Morgan fingerprint density at radius 1 is 1.82 bits per heavy atom. The molecule has 0 aliphatic carbocycles. The number of hydrogen-bond acceptors (Lipinski definition) is 3. The minimum atomic E-state index is -0.299. The number of carbonyl (C=O) groups is 1. The second-order valence-electron chi connectivity index (χ2n) is 2.03. The van der Waals surface area contributed by atoms with Crippen LogP contribution >= 0.6 is 0 Å². The van der Waals surface area contributed by atoms with Gasteiger partial charge >= 0.3 is 0 Å². The maximum atomic E-state index is 11.0. The van der Waals surface area contributed by atoms with E-state index in [0.29, 0.717) is 5.69 Å². The van der Waals surface area contributed by atoms with Crippen LogP contribution in [0.5, 0.6) is 0 Å². The average molecular weight is 155 g/mol. The fourth-order valence-electron chi connectivity index (χ4n) is 0.721. The van der Waals surface area contributed by atoms with E-state index in [1.807, 2.05) is 0 Å². The number of nitrogens with one attached hydrogen (secondary N) is 1. The van der Waals surface area contributed by atoms with Gasteiger partial charge in [-0.05, 0) is 0 Å². The van der Waals surface area contributed by atoms with Gasteiger partial charge in [0.15, 0.2) is 0 Å². The topological polar surface area (TPSA) is 56.1 Å². The highest BCUT2D eigenvalue weighted by molar-refractivity contribution is 5.91. The zero-order valence-corrected chi connectivity index (χ0v) is 6.37. The predicted octanol–water partition coefficient (Wildman–Crippen LogP) is -0.289. The van der Waals surface area contributed by atoms with Crippen molar-refractivity contribution in [3.63, 3.8) is 0 Å². The second-order valence-corrected chi connectivity index (χ2v) is 2.03. The van der Waals surface area contributed by atoms with E-state index in [4.69, 9.17) is 0 Å². The summed E-state index contributed by atoms with van der Waals surface area (Å²) in [6.45, 7) is 0. The van der Waals surface area contributed by atoms with Crippen molar-refractivity contribution in [1.82, 2.24) is 15.0 Å². The number of hydroxylamine groups is 1. The van der Waals surface area contributed by atoms with E-state index in [2.05, 4.69) is 15.3 Å². The van der Waals surface area contributed by atoms with Gasteiger partial charge in [-0.25, -0.2) is 10.5 Å². The molecule has 0 aliphatic heterocycles. The van der Waals surface area contributed by atoms with Crippen LogP contribution < -0.4 is 5.48 Å². The van der Waals surface area contributed by atoms with Gasteiger partial charge in [0.1, 0.15) is 5.69 Å². The second kappa shape index (κ2) is 3.16. The highest BCUT2D eigenvalue weighted by Gasteiger charge is 2.07. The van der Waals surface area contributed by atoms with E-state index >= 15 is 0 Å². The number of imidazole rings is 1. The van der Waals surface area contributed by atoms with Gasteiger partial charge in [0.05, 0.1) is 19.6 Å². The molecule has 0 bridgehead atoms. The lowest BCUT2D eigenvalue weighted by atomic mass is 10.4. The van der Waals surface area contributed by atoms with Gasteiger partial charge in [-0.2, -0.15) is 0 Å². The normalized spacial score (nSPS) is 9.64. The third-order valence-corrected chi connectivity index (χ3v) is 1.24. The molecule has 0 spiro atoms. The van der Waals surface area contributed by atoms with E-state index in [9.17, 15) is 4.79 Å². The van der Waals surface area contributed by atoms with Crippen molar-refractivity contribution in [2.75, 3.05) is 7.11 Å². The molecular weight excluding hydrogens is 146 g/mol. The quantitative estimate of drug-likeness (QED) is 0.597. The zero-order valence-electron chi connectivity index (χ0n) is 6.37. The summed E-state index contributed by atoms with van der Waals surface area (Å²) in [7, 11) is 3.12. The van der Waals surface area contributed by atoms with E-state index in [-0.39, 0.29) is 5.91 Å². The van der Waals surface area contributed by atoms with Crippen molar-refractivity contribution in [2.45, 2.75) is 0 Å². The fraction of sp³-hybridized carbons (Fsp3) is 0.333. The van der Waals surface area contributed by atoms with Gasteiger partial charge in [-0.15, -0.1) is 0 Å². The van der Waals surface area contributed by atoms with Crippen LogP contribution in [0.1, 0.15) is 10.5 Å². The first-order chi connectivity index (χ1) is 5.25. The van der Waals surface area contributed by atoms with Crippen molar-refractivity contribution in [1.29, 1.82) is 0 Å². The van der Waals surface area contributed by atoms with Crippen LogP contribution in [0, 0.1) is 0 Å². The molecule has 11 heavy (non-hydrogen) atoms. The molecule has 1 aromatic rings. The van der Waals surface area contributed by atoms with Gasteiger partial charge < -0.3 is 4.57 Å². The molecule has 0 unspecified atom stereocenters. The Labute approximate surface area is 63.9 Å². The standard InChI is InChI=1S/C6H9N3O2/c1-9-4-7-3-5(9)6(10)8-11-2/h3-4H,1-2H3,(H,8,10). The van der Waals surface area contributed by atoms with E-state index in [0.717, 1.165) is 0 Å². The maximum Gasteiger partial charge on any atom is 0.293 e. The lowest BCUT2D eigenvalue weighted by molar-refractivity contribution is 0.0529. The molecule has 1 N–H and O–H groups in total. The van der Waals surface area contributed by atoms with Crippen molar-refractivity contribution < 1.29 is 9.63 Å². The highest BCUT2D eigenvalue weighted by atomic mass is 16.6. The van der Waals surface area contributed by atoms with Crippen molar-refractivity contribution >= 4 is 5.91 Å². The Morgan fingerprint density at radius 3 is 3.00 bits per heavy atom. The molecule has 60 valence electrons. The number of amides is 1. The molecule has 5 heteroatoms. The molecule has 0 saturated heterocycles. The van der Waals surface area contributed by atoms with Crippen LogP contribution in [0.15, 0.2) is 12.5 Å². The molecule has 5 nitrogen and oxygen atoms in total. The number of aromatic nitrogens is 2. The summed E-state index contributed by atoms with van der Waals surface area (Å²) in [4.78, 5) is 19.2. The van der Waals surface area contributed by atoms with E-state index in [1.54, 1.807) is 17.9 Å². The average Bonchev–Trinajstić information content (AvgIpc) is 2.36. The Hall–Kier alpha value is -1.36. The lowest BCUT2D eigenvalue weighted by Crippen LogP contribution is -2.23. The molecule has 1 amide bonds. The molecule has 1 rings (SSSR count). The number of carbonyl (C=O) groups excluding carboxylic acids is 1. The minimum absolute atomic E-state index is 0.299. The first kappa shape index (κ1) is 7.74. The highest BCUT2D eigenvalue weighted by Crippen LogP contribution is 1.94. The summed E-state index contributed by atoms with van der Waals surface area (Å²) in [5.74, 6) is -0.299. The molecule has 0 radical (unpaired) electrons. The molecule has 1 aromatic heterocycles. The number of rotatable bonds is 2. The Balaban J connectivity index is 2.76. The van der Waals surface area contributed by atoms with E-state index < -0.39 is 0 Å². The Morgan fingerprint density at radius 2 is 2.55 bits per heavy atom. The van der Waals surface area contributed by atoms with Crippen molar-refractivity contribution in [3.05, 3.63) is 18.2 Å². The minimum Gasteiger partial charge on any atom is -0.330 e. The number of nitrogens with zero attached hydrogens (tertiary/aromatic N) is 2. The number of hydrogen-bond donors (Lipinski definition) is 1. The number of aryl methyl sites for hydroxylation is 1. The van der Waals surface area contributed by atoms with Gasteiger partial charge in [-0.1, -0.05) is 0 Å². The lowest BCUT2D eigenvalue weighted by Gasteiger charge is -2.00. The molecule has 0 aromatic carbocycles. The van der Waals surface area contributed by atoms with Crippen LogP contribution in [0.2, 0.25) is 0 Å². The first-order valence-corrected chi connectivity index (χ1v) is 3.05. The van der Waals surface area contributed by atoms with Crippen LogP contribution in [-0.4, -0.2) is 22.6 Å². The Kier molecular flexibility index (Phi) is 2.22. The van der Waals surface area contributed by atoms with Gasteiger partial charge in [0.25, 0.3) is 5.91 Å². The summed E-state index contributed by atoms with van der Waals surface area (Å²) >= 11 is 0. The molecule has 1 heterocycles. The molecular formula is C6H9N3O2. The smallest absolute Gasteiger partial charge is 0.293 e. The predicted molar refractivity (Wildman–Crippen MR) is 37.7 cm³/mol. The molecule has 0 atom stereocenters. The summed E-state index contributed by atoms with van der Waals surface area (Å²) in [6.07, 6.45) is 3.01. The van der Waals surface area contributed by atoms with Gasteiger partial charge in [0, 0.05) is 7.05 Å². The van der Waals surface area contributed by atoms with E-state index in [1.165, 1.54) is 13.3 Å². The third kappa shape index (κ3) is 1.56. The van der Waals surface area contributed by atoms with Crippen LogP contribution in [-0.2, 0) is 11.9 Å². The van der Waals surface area contributed by atoms with Crippen LogP contribution in [0.3, 0.4) is 0 Å². The Bertz CT molecular complexity index is 256. The summed E-state index contributed by atoms with van der Waals surface area (Å²) in [5, 5.41) is 0. The van der Waals surface area contributed by atoms with Crippen LogP contribution in [0.25, 0.3) is 0 Å². The van der Waals surface area contributed by atoms with Gasteiger partial charge in [-0.3, -0.25) is 9.63 Å². The summed E-state index contributed by atoms with van der Waals surface area (Å²) in [5.41, 5.74) is 2.65. The molecule has 0 saturated carbocycles. The largest absolute Gasteiger partial charge is 0.330 e. The summed E-state index contributed by atoms with van der Waals surface area (Å²) < 4.78 is 1.61. The SMILES string of the molecule is CONC(=O)c1cncn1C. The fourth-order valence-corrected chi connectivity index (χ4v) is 0.721. The van der Waals surface area contributed by atoms with Crippen molar-refractivity contribution in [2.24, 2.45) is 7.05 Å². The zero-order chi connectivity index (χ0) is 8.27. The maximum absolute atomic E-state index is 11.0. The van der Waals surface area contributed by atoms with Crippen LogP contribution in [0.4, 0.5) is 0 Å². The molecule has 0 aliphatic rings. The first-order valence-electron chi connectivity index (χ1n) is 3.05. The third-order valence-electron chi connectivity index (χ3n) is 1.24. The van der Waals surface area contributed by atoms with Gasteiger partial charge in [0.2, 0.25) is 0 Å².